The predicted molar refractivity (Wildman–Crippen MR) is 86.1 cm³/mol. The number of rotatable bonds is 10. The Labute approximate surface area is 119 Å². The molecular weight excluding hydrogens is 232 g/mol. The van der Waals surface area contributed by atoms with Crippen LogP contribution in [0.1, 0.15) is 45.1 Å². The summed E-state index contributed by atoms with van der Waals surface area (Å²) < 4.78 is 0. The minimum absolute atomic E-state index is 1.10. The number of unbranched alkanes of at least 4 members (excludes halogenated alkanes) is 2. The minimum atomic E-state index is 1.10. The highest BCUT2D eigenvalue weighted by Gasteiger charge is 2.05. The fourth-order valence-electron chi connectivity index (χ4n) is 2.40. The van der Waals surface area contributed by atoms with Gasteiger partial charge < -0.3 is 10.2 Å². The molecule has 0 bridgehead atoms. The van der Waals surface area contributed by atoms with E-state index in [2.05, 4.69) is 55.3 Å². The maximum atomic E-state index is 3.46. The molecule has 0 unspecified atom stereocenters. The van der Waals surface area contributed by atoms with Gasteiger partial charge in [0.2, 0.25) is 0 Å². The van der Waals surface area contributed by atoms with Crippen LogP contribution >= 0.6 is 0 Å². The van der Waals surface area contributed by atoms with Gasteiger partial charge in [-0.1, -0.05) is 31.5 Å². The van der Waals surface area contributed by atoms with Gasteiger partial charge in [0.1, 0.15) is 0 Å². The van der Waals surface area contributed by atoms with Crippen molar-refractivity contribution in [3.8, 4) is 0 Å². The zero-order valence-electron chi connectivity index (χ0n) is 12.9. The van der Waals surface area contributed by atoms with Gasteiger partial charge in [-0.3, -0.25) is 0 Å². The van der Waals surface area contributed by atoms with Crippen molar-refractivity contribution in [3.05, 3.63) is 29.8 Å². The van der Waals surface area contributed by atoms with Crippen molar-refractivity contribution in [2.75, 3.05) is 31.1 Å². The van der Waals surface area contributed by atoms with Crippen molar-refractivity contribution in [3.63, 3.8) is 0 Å². The lowest BCUT2D eigenvalue weighted by molar-refractivity contribution is 0.594. The summed E-state index contributed by atoms with van der Waals surface area (Å²) in [4.78, 5) is 2.49. The van der Waals surface area contributed by atoms with Crippen LogP contribution in [0.2, 0.25) is 0 Å². The molecule has 1 N–H and O–H groups in total. The summed E-state index contributed by atoms with van der Waals surface area (Å²) in [6.45, 7) is 11.3. The highest BCUT2D eigenvalue weighted by molar-refractivity contribution is 5.52. The van der Waals surface area contributed by atoms with Crippen LogP contribution in [0.3, 0.4) is 0 Å². The zero-order valence-corrected chi connectivity index (χ0v) is 12.9. The quantitative estimate of drug-likeness (QED) is 0.641. The topological polar surface area (TPSA) is 15.3 Å². The molecule has 0 aromatic heterocycles. The molecule has 2 heteroatoms. The molecule has 1 aromatic rings. The summed E-state index contributed by atoms with van der Waals surface area (Å²) in [6.07, 6.45) is 5.14. The standard InChI is InChI=1S/C17H30N2/c1-4-13-18-14-9-6-10-15-19(5-2)17-12-8-7-11-16(17)3/h7-8,11-12,18H,4-6,9-10,13-15H2,1-3H3. The van der Waals surface area contributed by atoms with Crippen LogP contribution in [-0.2, 0) is 0 Å². The minimum Gasteiger partial charge on any atom is -0.372 e. The van der Waals surface area contributed by atoms with Gasteiger partial charge in [-0.25, -0.2) is 0 Å². The summed E-state index contributed by atoms with van der Waals surface area (Å²) in [7, 11) is 0. The maximum absolute atomic E-state index is 3.46. The third-order valence-corrected chi connectivity index (χ3v) is 3.55. The van der Waals surface area contributed by atoms with Gasteiger partial charge >= 0.3 is 0 Å². The highest BCUT2D eigenvalue weighted by atomic mass is 15.1. The number of anilines is 1. The Bertz CT molecular complexity index is 336. The zero-order chi connectivity index (χ0) is 13.9. The number of nitrogens with zero attached hydrogens (tertiary/aromatic N) is 1. The molecule has 2 nitrogen and oxygen atoms in total. The van der Waals surface area contributed by atoms with Crippen LogP contribution in [0.4, 0.5) is 5.69 Å². The number of para-hydroxylation sites is 1. The van der Waals surface area contributed by atoms with E-state index in [1.807, 2.05) is 0 Å². The molecule has 0 saturated carbocycles. The molecule has 1 rings (SSSR count). The van der Waals surface area contributed by atoms with Crippen LogP contribution in [0.5, 0.6) is 0 Å². The van der Waals surface area contributed by atoms with Crippen molar-refractivity contribution in [2.45, 2.75) is 46.5 Å². The third-order valence-electron chi connectivity index (χ3n) is 3.55. The maximum Gasteiger partial charge on any atom is 0.0395 e. The monoisotopic (exact) mass is 262 g/mol. The lowest BCUT2D eigenvalue weighted by atomic mass is 10.1. The number of aryl methyl sites for hydroxylation is 1. The SMILES string of the molecule is CCCNCCCCCN(CC)c1ccccc1C. The first-order valence-electron chi connectivity index (χ1n) is 7.80. The molecule has 0 amide bonds. The second kappa shape index (κ2) is 9.85. The Kier molecular flexibility index (Phi) is 8.31. The fourth-order valence-corrected chi connectivity index (χ4v) is 2.40. The van der Waals surface area contributed by atoms with Crippen LogP contribution in [0.15, 0.2) is 24.3 Å². The molecule has 0 heterocycles. The summed E-state index contributed by atoms with van der Waals surface area (Å²) >= 11 is 0. The Morgan fingerprint density at radius 3 is 2.47 bits per heavy atom. The lowest BCUT2D eigenvalue weighted by Crippen LogP contribution is -2.25. The lowest BCUT2D eigenvalue weighted by Gasteiger charge is -2.25. The number of hydrogen-bond donors (Lipinski definition) is 1. The second-order valence-electron chi connectivity index (χ2n) is 5.18. The first-order chi connectivity index (χ1) is 9.29. The van der Waals surface area contributed by atoms with E-state index < -0.39 is 0 Å². The summed E-state index contributed by atoms with van der Waals surface area (Å²) in [5, 5.41) is 3.46. The van der Waals surface area contributed by atoms with E-state index in [-0.39, 0.29) is 0 Å². The molecule has 108 valence electrons. The second-order valence-corrected chi connectivity index (χ2v) is 5.18. The average Bonchev–Trinajstić information content (AvgIpc) is 2.43. The number of benzene rings is 1. The van der Waals surface area contributed by atoms with Crippen molar-refractivity contribution >= 4 is 5.69 Å². The van der Waals surface area contributed by atoms with Gasteiger partial charge in [0.15, 0.2) is 0 Å². The van der Waals surface area contributed by atoms with E-state index in [0.29, 0.717) is 0 Å². The number of nitrogens with one attached hydrogen (secondary N) is 1. The molecule has 0 spiro atoms. The van der Waals surface area contributed by atoms with Gasteiger partial charge in [0.25, 0.3) is 0 Å². The third kappa shape index (κ3) is 6.11. The van der Waals surface area contributed by atoms with Gasteiger partial charge in [0.05, 0.1) is 0 Å². The molecule has 0 aliphatic rings. The molecule has 19 heavy (non-hydrogen) atoms. The van der Waals surface area contributed by atoms with E-state index in [4.69, 9.17) is 0 Å². The summed E-state index contributed by atoms with van der Waals surface area (Å²) in [5.41, 5.74) is 2.78. The van der Waals surface area contributed by atoms with Gasteiger partial charge in [-0.2, -0.15) is 0 Å². The first-order valence-corrected chi connectivity index (χ1v) is 7.80. The van der Waals surface area contributed by atoms with E-state index in [1.54, 1.807) is 0 Å². The molecule has 0 atom stereocenters. The first kappa shape index (κ1) is 16.0. The largest absolute Gasteiger partial charge is 0.372 e. The van der Waals surface area contributed by atoms with Gasteiger partial charge in [-0.15, -0.1) is 0 Å². The molecule has 0 saturated heterocycles. The van der Waals surface area contributed by atoms with E-state index >= 15 is 0 Å². The normalized spacial score (nSPS) is 10.7. The van der Waals surface area contributed by atoms with Crippen molar-refractivity contribution in [2.24, 2.45) is 0 Å². The van der Waals surface area contributed by atoms with Crippen LogP contribution in [-0.4, -0.2) is 26.2 Å². The molecule has 0 aliphatic carbocycles. The summed E-state index contributed by atoms with van der Waals surface area (Å²) in [6, 6.07) is 8.69. The van der Waals surface area contributed by atoms with Crippen molar-refractivity contribution in [1.82, 2.24) is 5.32 Å². The molecule has 0 fully saturated rings. The van der Waals surface area contributed by atoms with E-state index in [1.165, 1.54) is 50.0 Å². The van der Waals surface area contributed by atoms with E-state index in [9.17, 15) is 0 Å². The average molecular weight is 262 g/mol. The van der Waals surface area contributed by atoms with Crippen molar-refractivity contribution < 1.29 is 0 Å². The Hall–Kier alpha value is -1.02. The molecule has 1 aromatic carbocycles. The van der Waals surface area contributed by atoms with Gasteiger partial charge in [-0.05, 0) is 57.8 Å². The van der Waals surface area contributed by atoms with Gasteiger partial charge in [0, 0.05) is 18.8 Å². The highest BCUT2D eigenvalue weighted by Crippen LogP contribution is 2.19. The smallest absolute Gasteiger partial charge is 0.0395 e. The number of hydrogen-bond acceptors (Lipinski definition) is 2. The fraction of sp³-hybridized carbons (Fsp3) is 0.647. The van der Waals surface area contributed by atoms with Crippen LogP contribution in [0, 0.1) is 6.92 Å². The van der Waals surface area contributed by atoms with Crippen molar-refractivity contribution in [1.29, 1.82) is 0 Å². The van der Waals surface area contributed by atoms with Crippen LogP contribution in [0.25, 0.3) is 0 Å². The predicted octanol–water partition coefficient (Wildman–Crippen LogP) is 3.99. The summed E-state index contributed by atoms with van der Waals surface area (Å²) in [5.74, 6) is 0. The Balaban J connectivity index is 2.24. The van der Waals surface area contributed by atoms with Crippen LogP contribution < -0.4 is 10.2 Å². The Morgan fingerprint density at radius 1 is 1.00 bits per heavy atom. The molecule has 0 radical (unpaired) electrons. The molecular formula is C17H30N2. The Morgan fingerprint density at radius 2 is 1.79 bits per heavy atom. The molecule has 0 aliphatic heterocycles. The van der Waals surface area contributed by atoms with E-state index in [0.717, 1.165) is 13.1 Å².